The van der Waals surface area contributed by atoms with Gasteiger partial charge in [-0.1, -0.05) is 22.0 Å². The van der Waals surface area contributed by atoms with Crippen LogP contribution in [0.4, 0.5) is 10.5 Å². The van der Waals surface area contributed by atoms with Gasteiger partial charge in [-0.15, -0.1) is 0 Å². The van der Waals surface area contributed by atoms with Gasteiger partial charge in [-0.25, -0.2) is 9.69 Å². The number of hydrogen-bond acceptors (Lipinski definition) is 4. The van der Waals surface area contributed by atoms with Gasteiger partial charge in [0.15, 0.2) is 5.75 Å². The molecule has 1 saturated heterocycles. The van der Waals surface area contributed by atoms with Crippen molar-refractivity contribution in [2.75, 3.05) is 4.90 Å². The Morgan fingerprint density at radius 3 is 2.28 bits per heavy atom. The van der Waals surface area contributed by atoms with Gasteiger partial charge in [0, 0.05) is 4.47 Å². The first-order chi connectivity index (χ1) is 13.8. The van der Waals surface area contributed by atoms with Crippen LogP contribution in [0.1, 0.15) is 12.5 Å². The lowest BCUT2D eigenvalue weighted by Gasteiger charge is -2.26. The number of ether oxygens (including phenoxy) is 1. The summed E-state index contributed by atoms with van der Waals surface area (Å²) in [7, 11) is 0. The molecule has 29 heavy (non-hydrogen) atoms. The quantitative estimate of drug-likeness (QED) is 0.208. The molecular formula is C20H13BrI2N2O4. The van der Waals surface area contributed by atoms with Crippen molar-refractivity contribution in [3.63, 3.8) is 0 Å². The van der Waals surface area contributed by atoms with Crippen LogP contribution in [0.25, 0.3) is 6.08 Å². The standard InChI is InChI=1S/C20H13BrI2N2O4/c1-2-7-29-17-15(22)9-11(10-16(17)23)8-14-18(26)24-20(28)25(19(14)27)13-5-3-12(21)4-6-13/h2-10H,1H3,(H,24,26,28)/b7-2+,14-8-. The highest BCUT2D eigenvalue weighted by Crippen LogP contribution is 2.31. The van der Waals surface area contributed by atoms with Crippen LogP contribution in [0.5, 0.6) is 5.75 Å². The Morgan fingerprint density at radius 1 is 1.07 bits per heavy atom. The van der Waals surface area contributed by atoms with E-state index in [0.717, 1.165) is 16.5 Å². The van der Waals surface area contributed by atoms with Gasteiger partial charge >= 0.3 is 6.03 Å². The molecule has 4 amide bonds. The first-order valence-electron chi connectivity index (χ1n) is 8.25. The molecule has 1 aliphatic rings. The smallest absolute Gasteiger partial charge is 0.335 e. The number of hydrogen-bond donors (Lipinski definition) is 1. The van der Waals surface area contributed by atoms with Crippen molar-refractivity contribution in [2.45, 2.75) is 6.92 Å². The van der Waals surface area contributed by atoms with E-state index in [9.17, 15) is 14.4 Å². The average Bonchev–Trinajstić information content (AvgIpc) is 2.66. The van der Waals surface area contributed by atoms with E-state index in [4.69, 9.17) is 4.74 Å². The Morgan fingerprint density at radius 2 is 1.69 bits per heavy atom. The second-order valence-corrected chi connectivity index (χ2v) is 9.08. The molecule has 9 heteroatoms. The van der Waals surface area contributed by atoms with Crippen LogP contribution in [0.3, 0.4) is 0 Å². The lowest BCUT2D eigenvalue weighted by atomic mass is 10.1. The Bertz CT molecular complexity index is 1040. The summed E-state index contributed by atoms with van der Waals surface area (Å²) in [4.78, 5) is 38.5. The number of barbiturate groups is 1. The van der Waals surface area contributed by atoms with E-state index in [-0.39, 0.29) is 5.57 Å². The molecule has 0 unspecified atom stereocenters. The predicted molar refractivity (Wildman–Crippen MR) is 130 cm³/mol. The zero-order valence-corrected chi connectivity index (χ0v) is 20.8. The largest absolute Gasteiger partial charge is 0.463 e. The van der Waals surface area contributed by atoms with Crippen molar-refractivity contribution in [1.82, 2.24) is 5.32 Å². The molecule has 2 aromatic carbocycles. The molecule has 148 valence electrons. The molecule has 1 aliphatic heterocycles. The second kappa shape index (κ2) is 9.39. The number of imide groups is 2. The number of nitrogens with zero attached hydrogens (tertiary/aromatic N) is 1. The lowest BCUT2D eigenvalue weighted by Crippen LogP contribution is -2.54. The monoisotopic (exact) mass is 678 g/mol. The molecule has 0 bridgehead atoms. The molecule has 0 aliphatic carbocycles. The topological polar surface area (TPSA) is 75.7 Å². The first kappa shape index (κ1) is 22.0. The van der Waals surface area contributed by atoms with Gasteiger partial charge in [-0.2, -0.15) is 0 Å². The van der Waals surface area contributed by atoms with Crippen LogP contribution in [-0.2, 0) is 9.59 Å². The summed E-state index contributed by atoms with van der Waals surface area (Å²) in [6.45, 7) is 1.85. The summed E-state index contributed by atoms with van der Waals surface area (Å²) in [5.74, 6) is -0.717. The predicted octanol–water partition coefficient (Wildman–Crippen LogP) is 5.24. The summed E-state index contributed by atoms with van der Waals surface area (Å²) < 4.78 is 8.04. The van der Waals surface area contributed by atoms with Crippen molar-refractivity contribution in [2.24, 2.45) is 0 Å². The molecule has 0 atom stereocenters. The van der Waals surface area contributed by atoms with Gasteiger partial charge in [-0.3, -0.25) is 14.9 Å². The van der Waals surface area contributed by atoms with Crippen LogP contribution in [0, 0.1) is 7.14 Å². The maximum Gasteiger partial charge on any atom is 0.335 e. The maximum atomic E-state index is 12.9. The Balaban J connectivity index is 1.99. The highest BCUT2D eigenvalue weighted by Gasteiger charge is 2.36. The number of nitrogens with one attached hydrogen (secondary N) is 1. The van der Waals surface area contributed by atoms with Gasteiger partial charge in [0.2, 0.25) is 0 Å². The van der Waals surface area contributed by atoms with Gasteiger partial charge in [0.25, 0.3) is 11.8 Å². The first-order valence-corrected chi connectivity index (χ1v) is 11.2. The van der Waals surface area contributed by atoms with Crippen molar-refractivity contribution < 1.29 is 19.1 Å². The Labute approximate surface area is 202 Å². The Hall–Kier alpha value is -1.73. The van der Waals surface area contributed by atoms with E-state index in [2.05, 4.69) is 66.4 Å². The van der Waals surface area contributed by atoms with Crippen LogP contribution in [0.15, 0.2) is 58.8 Å². The summed E-state index contributed by atoms with van der Waals surface area (Å²) in [5, 5.41) is 2.22. The van der Waals surface area contributed by atoms with Crippen molar-refractivity contribution in [3.8, 4) is 5.75 Å². The molecule has 0 aromatic heterocycles. The van der Waals surface area contributed by atoms with Crippen LogP contribution < -0.4 is 15.0 Å². The number of urea groups is 1. The van der Waals surface area contributed by atoms with E-state index in [1.165, 1.54) is 6.08 Å². The third kappa shape index (κ3) is 4.89. The fourth-order valence-electron chi connectivity index (χ4n) is 2.56. The maximum absolute atomic E-state index is 12.9. The molecule has 2 aromatic rings. The van der Waals surface area contributed by atoms with Crippen LogP contribution >= 0.6 is 61.1 Å². The van der Waals surface area contributed by atoms with E-state index >= 15 is 0 Å². The van der Waals surface area contributed by atoms with Crippen LogP contribution in [-0.4, -0.2) is 17.8 Å². The SMILES string of the molecule is C/C=C/Oc1c(I)cc(/C=C2/C(=O)NC(=O)N(c3ccc(Br)cc3)C2=O)cc1I. The molecule has 0 spiro atoms. The van der Waals surface area contributed by atoms with Gasteiger partial charge in [0.1, 0.15) is 5.57 Å². The molecule has 1 heterocycles. The second-order valence-electron chi connectivity index (χ2n) is 5.84. The summed E-state index contributed by atoms with van der Waals surface area (Å²) in [6, 6.07) is 9.49. The molecule has 1 N–H and O–H groups in total. The van der Waals surface area contributed by atoms with Crippen molar-refractivity contribution in [3.05, 3.63) is 71.5 Å². The number of allylic oxidation sites excluding steroid dienone is 1. The van der Waals surface area contributed by atoms with Gasteiger partial charge in [-0.05, 0) is 100 Å². The molecular weight excluding hydrogens is 666 g/mol. The average molecular weight is 679 g/mol. The number of benzene rings is 2. The zero-order chi connectivity index (χ0) is 21.1. The summed E-state index contributed by atoms with van der Waals surface area (Å²) >= 11 is 7.57. The van der Waals surface area contributed by atoms with Gasteiger partial charge in [0.05, 0.1) is 19.1 Å². The van der Waals surface area contributed by atoms with Crippen LogP contribution in [0.2, 0.25) is 0 Å². The van der Waals surface area contributed by atoms with E-state index in [1.54, 1.807) is 48.7 Å². The third-order valence-corrected chi connectivity index (χ3v) is 5.97. The van der Waals surface area contributed by atoms with Crippen molar-refractivity contribution in [1.29, 1.82) is 0 Å². The number of carbonyl (C=O) groups excluding carboxylic acids is 3. The zero-order valence-electron chi connectivity index (χ0n) is 14.9. The fraction of sp³-hybridized carbons (Fsp3) is 0.0500. The molecule has 0 saturated carbocycles. The molecule has 1 fully saturated rings. The minimum Gasteiger partial charge on any atom is -0.463 e. The van der Waals surface area contributed by atoms with Gasteiger partial charge < -0.3 is 4.74 Å². The number of amides is 4. The minimum absolute atomic E-state index is 0.124. The normalized spacial score (nSPS) is 15.9. The lowest BCUT2D eigenvalue weighted by molar-refractivity contribution is -0.122. The third-order valence-electron chi connectivity index (χ3n) is 3.84. The molecule has 3 rings (SSSR count). The highest BCUT2D eigenvalue weighted by atomic mass is 127. The molecule has 0 radical (unpaired) electrons. The fourth-order valence-corrected chi connectivity index (χ4v) is 4.90. The Kier molecular flexibility index (Phi) is 7.11. The molecule has 6 nitrogen and oxygen atoms in total. The number of carbonyl (C=O) groups is 3. The van der Waals surface area contributed by atoms with E-state index in [1.807, 2.05) is 6.92 Å². The number of anilines is 1. The number of rotatable bonds is 4. The van der Waals surface area contributed by atoms with Crippen molar-refractivity contribution >= 4 is 90.7 Å². The number of halogens is 3. The van der Waals surface area contributed by atoms with E-state index < -0.39 is 17.8 Å². The van der Waals surface area contributed by atoms with E-state index in [0.29, 0.717) is 17.0 Å². The minimum atomic E-state index is -0.779. The summed E-state index contributed by atoms with van der Waals surface area (Å²) in [5.41, 5.74) is 0.893. The summed E-state index contributed by atoms with van der Waals surface area (Å²) in [6.07, 6.45) is 4.83. The highest BCUT2D eigenvalue weighted by molar-refractivity contribution is 14.1.